The molecule has 0 aliphatic carbocycles. The van der Waals surface area contributed by atoms with E-state index in [2.05, 4.69) is 14.1 Å². The van der Waals surface area contributed by atoms with Crippen LogP contribution < -0.4 is 0 Å². The highest BCUT2D eigenvalue weighted by molar-refractivity contribution is 5.77. The fourth-order valence-corrected chi connectivity index (χ4v) is 3.52. The van der Waals surface area contributed by atoms with Crippen LogP contribution in [0.25, 0.3) is 0 Å². The summed E-state index contributed by atoms with van der Waals surface area (Å²) in [6, 6.07) is 0.256. The minimum Gasteiger partial charge on any atom is -0.325 e. The minimum absolute atomic E-state index is 0.128. The summed E-state index contributed by atoms with van der Waals surface area (Å²) in [5, 5.41) is 0. The fourth-order valence-electron chi connectivity index (χ4n) is 3.52. The molecular weight excluding hydrogens is 257 g/mol. The Balaban J connectivity index is 2.01. The first kappa shape index (κ1) is 14.6. The van der Waals surface area contributed by atoms with E-state index in [1.165, 1.54) is 0 Å². The highest BCUT2D eigenvalue weighted by Gasteiger charge is 2.45. The van der Waals surface area contributed by atoms with Gasteiger partial charge in [-0.2, -0.15) is 13.2 Å². The van der Waals surface area contributed by atoms with Crippen LogP contribution in [0, 0.1) is 0 Å². The molecule has 0 spiro atoms. The second-order valence-corrected chi connectivity index (χ2v) is 6.46. The summed E-state index contributed by atoms with van der Waals surface area (Å²) in [7, 11) is 4.26. The molecule has 6 heteroatoms. The van der Waals surface area contributed by atoms with E-state index < -0.39 is 19.0 Å². The molecule has 0 saturated carbocycles. The highest BCUT2D eigenvalue weighted by Crippen LogP contribution is 2.32. The van der Waals surface area contributed by atoms with Crippen LogP contribution >= 0.6 is 0 Å². The van der Waals surface area contributed by atoms with Gasteiger partial charge in [0, 0.05) is 6.42 Å². The van der Waals surface area contributed by atoms with Crippen LogP contribution in [-0.2, 0) is 4.79 Å². The van der Waals surface area contributed by atoms with Crippen molar-refractivity contribution < 1.29 is 22.4 Å². The standard InChI is InChI=1S/C13H22F3N2O/c1-18(2)8-10-4-3-5-11(9-18)17(10)12(19)6-7-13(14,15)16/h10-11H,3-9H2,1-2H3/q+1. The molecule has 2 aliphatic heterocycles. The minimum atomic E-state index is -4.24. The Morgan fingerprint density at radius 1 is 1.21 bits per heavy atom. The number of rotatable bonds is 2. The number of carbonyl (C=O) groups is 1. The molecule has 3 nitrogen and oxygen atoms in total. The number of likely N-dealkylation sites (N-methyl/N-ethyl adjacent to an activating group) is 1. The molecule has 2 unspecified atom stereocenters. The van der Waals surface area contributed by atoms with Gasteiger partial charge >= 0.3 is 6.18 Å². The van der Waals surface area contributed by atoms with Crippen molar-refractivity contribution in [3.63, 3.8) is 0 Å². The molecule has 1 amide bonds. The molecule has 2 heterocycles. The summed E-state index contributed by atoms with van der Waals surface area (Å²) < 4.78 is 37.5. The predicted molar refractivity (Wildman–Crippen MR) is 65.4 cm³/mol. The lowest BCUT2D eigenvalue weighted by Crippen LogP contribution is -2.67. The van der Waals surface area contributed by atoms with Crippen LogP contribution in [0.3, 0.4) is 0 Å². The normalized spacial score (nSPS) is 30.3. The van der Waals surface area contributed by atoms with Crippen molar-refractivity contribution in [1.82, 2.24) is 4.90 Å². The van der Waals surface area contributed by atoms with E-state index in [1.807, 2.05) is 0 Å². The van der Waals surface area contributed by atoms with E-state index in [0.717, 1.165) is 36.8 Å². The first-order valence-electron chi connectivity index (χ1n) is 6.88. The second kappa shape index (κ2) is 4.96. The Bertz CT molecular complexity index is 338. The third kappa shape index (κ3) is 3.61. The summed E-state index contributed by atoms with van der Waals surface area (Å²) >= 11 is 0. The van der Waals surface area contributed by atoms with Gasteiger partial charge < -0.3 is 9.38 Å². The van der Waals surface area contributed by atoms with E-state index in [-0.39, 0.29) is 18.0 Å². The number of likely N-dealkylation sites (tertiary alicyclic amines) is 1. The SMILES string of the molecule is C[N+]1(C)CC2CCCC(C1)N2C(=O)CCC(F)(F)F. The third-order valence-electron chi connectivity index (χ3n) is 4.18. The number of hydrogen-bond donors (Lipinski definition) is 0. The van der Waals surface area contributed by atoms with E-state index in [0.29, 0.717) is 0 Å². The van der Waals surface area contributed by atoms with Crippen LogP contribution in [0.15, 0.2) is 0 Å². The van der Waals surface area contributed by atoms with Crippen LogP contribution in [0.1, 0.15) is 32.1 Å². The average molecular weight is 279 g/mol. The summed E-state index contributed by atoms with van der Waals surface area (Å²) in [6.45, 7) is 1.71. The summed E-state index contributed by atoms with van der Waals surface area (Å²) in [6.07, 6.45) is -2.70. The molecule has 19 heavy (non-hydrogen) atoms. The number of amides is 1. The molecule has 2 bridgehead atoms. The zero-order valence-corrected chi connectivity index (χ0v) is 11.5. The van der Waals surface area contributed by atoms with Crippen molar-refractivity contribution in [2.45, 2.75) is 50.4 Å². The largest absolute Gasteiger partial charge is 0.389 e. The number of halogens is 3. The Labute approximate surface area is 111 Å². The number of piperazine rings is 1. The van der Waals surface area contributed by atoms with E-state index >= 15 is 0 Å². The molecule has 110 valence electrons. The molecule has 0 aromatic heterocycles. The van der Waals surface area contributed by atoms with Gasteiger partial charge in [0.15, 0.2) is 0 Å². The van der Waals surface area contributed by atoms with Gasteiger partial charge in [-0.3, -0.25) is 4.79 Å². The molecular formula is C13H22F3N2O+. The maximum Gasteiger partial charge on any atom is 0.389 e. The molecule has 0 aromatic carbocycles. The van der Waals surface area contributed by atoms with Crippen molar-refractivity contribution in [3.8, 4) is 0 Å². The number of quaternary nitrogens is 1. The monoisotopic (exact) mass is 279 g/mol. The van der Waals surface area contributed by atoms with E-state index in [9.17, 15) is 18.0 Å². The van der Waals surface area contributed by atoms with Crippen LogP contribution in [0.5, 0.6) is 0 Å². The van der Waals surface area contributed by atoms with Gasteiger partial charge in [-0.25, -0.2) is 0 Å². The van der Waals surface area contributed by atoms with Crippen LogP contribution in [0.4, 0.5) is 13.2 Å². The van der Waals surface area contributed by atoms with Gasteiger partial charge in [-0.1, -0.05) is 0 Å². The lowest BCUT2D eigenvalue weighted by atomic mass is 9.89. The van der Waals surface area contributed by atoms with E-state index in [1.54, 1.807) is 4.90 Å². The number of piperidine rings is 1. The molecule has 0 N–H and O–H groups in total. The van der Waals surface area contributed by atoms with Crippen molar-refractivity contribution >= 4 is 5.91 Å². The number of alkyl halides is 3. The number of carbonyl (C=O) groups excluding carboxylic acids is 1. The summed E-state index contributed by atoms with van der Waals surface area (Å²) in [4.78, 5) is 13.9. The molecule has 2 atom stereocenters. The van der Waals surface area contributed by atoms with Crippen LogP contribution in [-0.4, -0.2) is 60.7 Å². The lowest BCUT2D eigenvalue weighted by molar-refractivity contribution is -0.901. The van der Waals surface area contributed by atoms with Crippen molar-refractivity contribution in [2.24, 2.45) is 0 Å². The first-order valence-corrected chi connectivity index (χ1v) is 6.88. The van der Waals surface area contributed by atoms with Gasteiger partial charge in [0.2, 0.25) is 5.91 Å². The third-order valence-corrected chi connectivity index (χ3v) is 4.18. The Hall–Kier alpha value is -0.780. The molecule has 2 aliphatic rings. The molecule has 0 aromatic rings. The molecule has 0 radical (unpaired) electrons. The van der Waals surface area contributed by atoms with Gasteiger partial charge in [-0.15, -0.1) is 0 Å². The predicted octanol–water partition coefficient (Wildman–Crippen LogP) is 2.17. The average Bonchev–Trinajstić information content (AvgIpc) is 2.22. The Morgan fingerprint density at radius 2 is 1.74 bits per heavy atom. The fraction of sp³-hybridized carbons (Fsp3) is 0.923. The first-order chi connectivity index (χ1) is 8.68. The quantitative estimate of drug-likeness (QED) is 0.709. The smallest absolute Gasteiger partial charge is 0.325 e. The van der Waals surface area contributed by atoms with Crippen molar-refractivity contribution in [3.05, 3.63) is 0 Å². The van der Waals surface area contributed by atoms with Gasteiger partial charge in [-0.05, 0) is 19.3 Å². The van der Waals surface area contributed by atoms with Crippen molar-refractivity contribution in [1.29, 1.82) is 0 Å². The number of nitrogens with zero attached hydrogens (tertiary/aromatic N) is 2. The molecule has 2 rings (SSSR count). The maximum atomic E-state index is 12.2. The summed E-state index contributed by atoms with van der Waals surface area (Å²) in [5.41, 5.74) is 0. The molecule has 2 saturated heterocycles. The number of fused-ring (bicyclic) bond motifs is 2. The van der Waals surface area contributed by atoms with Gasteiger partial charge in [0.1, 0.15) is 0 Å². The van der Waals surface area contributed by atoms with Crippen LogP contribution in [0.2, 0.25) is 0 Å². The second-order valence-electron chi connectivity index (χ2n) is 6.46. The molecule has 2 fully saturated rings. The van der Waals surface area contributed by atoms with E-state index in [4.69, 9.17) is 0 Å². The van der Waals surface area contributed by atoms with Crippen molar-refractivity contribution in [2.75, 3.05) is 27.2 Å². The van der Waals surface area contributed by atoms with Gasteiger partial charge in [0.25, 0.3) is 0 Å². The topological polar surface area (TPSA) is 20.3 Å². The highest BCUT2D eigenvalue weighted by atomic mass is 19.4. The van der Waals surface area contributed by atoms with Gasteiger partial charge in [0.05, 0.1) is 45.7 Å². The summed E-state index contributed by atoms with van der Waals surface area (Å²) in [5.74, 6) is -0.313. The lowest BCUT2D eigenvalue weighted by Gasteiger charge is -2.52. The Morgan fingerprint density at radius 3 is 2.21 bits per heavy atom. The zero-order chi connectivity index (χ0) is 14.3. The Kier molecular flexibility index (Phi) is 3.82. The number of hydrogen-bond acceptors (Lipinski definition) is 1. The zero-order valence-electron chi connectivity index (χ0n) is 11.5. The maximum absolute atomic E-state index is 12.2.